The first-order valence-corrected chi connectivity index (χ1v) is 10.3. The van der Waals surface area contributed by atoms with Crippen LogP contribution in [0.3, 0.4) is 0 Å². The van der Waals surface area contributed by atoms with Gasteiger partial charge in [-0.3, -0.25) is 0 Å². The van der Waals surface area contributed by atoms with Gasteiger partial charge in [-0.2, -0.15) is 16.9 Å². The molecule has 3 nitrogen and oxygen atoms in total. The van der Waals surface area contributed by atoms with Crippen molar-refractivity contribution in [1.29, 1.82) is 0 Å². The maximum atomic E-state index is 4.72. The van der Waals surface area contributed by atoms with Gasteiger partial charge in [-0.25, -0.2) is 4.68 Å². The van der Waals surface area contributed by atoms with Crippen LogP contribution in [0.25, 0.3) is 16.5 Å². The maximum Gasteiger partial charge on any atom is 0.0727 e. The molecular formula is C21H25N3S. The lowest BCUT2D eigenvalue weighted by molar-refractivity contribution is 0.430. The molecule has 2 heterocycles. The van der Waals surface area contributed by atoms with Crippen LogP contribution in [0.1, 0.15) is 37.1 Å². The van der Waals surface area contributed by atoms with E-state index < -0.39 is 0 Å². The molecule has 4 rings (SSSR count). The van der Waals surface area contributed by atoms with E-state index >= 15 is 0 Å². The standard InChI is InChI=1S/C21H25N3S/c1-15(23-18-10-12-25-13-11-18)20-14-22-24(16(20)2)21-9-5-7-17-6-3-4-8-19(17)21/h3-9,14-15,18,23H,10-13H2,1-2H3/t15-/m1/s1. The molecule has 1 atom stereocenters. The van der Waals surface area contributed by atoms with Crippen molar-refractivity contribution in [2.45, 2.75) is 38.8 Å². The molecule has 1 N–H and O–H groups in total. The number of hydrogen-bond acceptors (Lipinski definition) is 3. The van der Waals surface area contributed by atoms with Crippen molar-refractivity contribution >= 4 is 22.5 Å². The van der Waals surface area contributed by atoms with Crippen molar-refractivity contribution in [3.8, 4) is 5.69 Å². The molecule has 2 aromatic carbocycles. The predicted molar refractivity (Wildman–Crippen MR) is 108 cm³/mol. The van der Waals surface area contributed by atoms with E-state index in [1.54, 1.807) is 0 Å². The Kier molecular flexibility index (Phi) is 4.82. The Morgan fingerprint density at radius 2 is 1.88 bits per heavy atom. The highest BCUT2D eigenvalue weighted by Crippen LogP contribution is 2.27. The molecule has 0 aliphatic carbocycles. The van der Waals surface area contributed by atoms with E-state index in [-0.39, 0.29) is 0 Å². The molecule has 0 unspecified atom stereocenters. The summed E-state index contributed by atoms with van der Waals surface area (Å²) in [4.78, 5) is 0. The first-order valence-electron chi connectivity index (χ1n) is 9.10. The van der Waals surface area contributed by atoms with Crippen LogP contribution < -0.4 is 5.32 Å². The molecule has 1 aromatic heterocycles. The van der Waals surface area contributed by atoms with Crippen LogP contribution in [0.15, 0.2) is 48.7 Å². The van der Waals surface area contributed by atoms with E-state index in [0.29, 0.717) is 12.1 Å². The molecule has 1 fully saturated rings. The Hall–Kier alpha value is -1.78. The molecule has 130 valence electrons. The highest BCUT2D eigenvalue weighted by Gasteiger charge is 2.20. The van der Waals surface area contributed by atoms with Crippen molar-refractivity contribution in [2.24, 2.45) is 0 Å². The quantitative estimate of drug-likeness (QED) is 0.726. The summed E-state index contributed by atoms with van der Waals surface area (Å²) in [5, 5.41) is 11.0. The Morgan fingerprint density at radius 3 is 2.72 bits per heavy atom. The van der Waals surface area contributed by atoms with E-state index in [4.69, 9.17) is 5.10 Å². The lowest BCUT2D eigenvalue weighted by Gasteiger charge is -2.26. The molecular weight excluding hydrogens is 326 g/mol. The highest BCUT2D eigenvalue weighted by atomic mass is 32.2. The Bertz CT molecular complexity index is 859. The van der Waals surface area contributed by atoms with Gasteiger partial charge in [-0.15, -0.1) is 0 Å². The van der Waals surface area contributed by atoms with Gasteiger partial charge >= 0.3 is 0 Å². The second kappa shape index (κ2) is 7.22. The van der Waals surface area contributed by atoms with Gasteiger partial charge in [0, 0.05) is 28.7 Å². The minimum atomic E-state index is 0.330. The van der Waals surface area contributed by atoms with Gasteiger partial charge in [0.1, 0.15) is 0 Å². The zero-order chi connectivity index (χ0) is 17.2. The number of hydrogen-bond donors (Lipinski definition) is 1. The van der Waals surface area contributed by atoms with Gasteiger partial charge in [0.05, 0.1) is 11.9 Å². The van der Waals surface area contributed by atoms with Crippen LogP contribution in [-0.4, -0.2) is 27.3 Å². The van der Waals surface area contributed by atoms with E-state index in [2.05, 4.69) is 78.1 Å². The lowest BCUT2D eigenvalue weighted by Crippen LogP contribution is -2.34. The Labute approximate surface area is 153 Å². The Balaban J connectivity index is 1.64. The zero-order valence-electron chi connectivity index (χ0n) is 14.9. The molecule has 1 aliphatic rings. The summed E-state index contributed by atoms with van der Waals surface area (Å²) in [6.07, 6.45) is 4.57. The molecule has 0 spiro atoms. The van der Waals surface area contributed by atoms with Gasteiger partial charge in [0.15, 0.2) is 0 Å². The van der Waals surface area contributed by atoms with Crippen molar-refractivity contribution in [3.63, 3.8) is 0 Å². The van der Waals surface area contributed by atoms with Crippen LogP contribution in [0.5, 0.6) is 0 Å². The summed E-state index contributed by atoms with van der Waals surface area (Å²) in [5.41, 5.74) is 3.68. The number of aromatic nitrogens is 2. The Morgan fingerprint density at radius 1 is 1.12 bits per heavy atom. The monoisotopic (exact) mass is 351 g/mol. The largest absolute Gasteiger partial charge is 0.307 e. The van der Waals surface area contributed by atoms with Crippen LogP contribution in [0.4, 0.5) is 0 Å². The smallest absolute Gasteiger partial charge is 0.0727 e. The van der Waals surface area contributed by atoms with Crippen LogP contribution in [-0.2, 0) is 0 Å². The number of nitrogens with zero attached hydrogens (tertiary/aromatic N) is 2. The lowest BCUT2D eigenvalue weighted by atomic mass is 10.1. The van der Waals surface area contributed by atoms with E-state index in [0.717, 1.165) is 5.69 Å². The fraction of sp³-hybridized carbons (Fsp3) is 0.381. The maximum absolute atomic E-state index is 4.72. The van der Waals surface area contributed by atoms with Crippen LogP contribution in [0.2, 0.25) is 0 Å². The molecule has 0 amide bonds. The fourth-order valence-electron chi connectivity index (χ4n) is 3.79. The fourth-order valence-corrected chi connectivity index (χ4v) is 4.90. The third-order valence-electron chi connectivity index (χ3n) is 5.22. The highest BCUT2D eigenvalue weighted by molar-refractivity contribution is 7.99. The average Bonchev–Trinajstić information content (AvgIpc) is 3.03. The zero-order valence-corrected chi connectivity index (χ0v) is 15.7. The summed E-state index contributed by atoms with van der Waals surface area (Å²) in [7, 11) is 0. The topological polar surface area (TPSA) is 29.9 Å². The molecule has 3 aromatic rings. The van der Waals surface area contributed by atoms with Gasteiger partial charge in [-0.1, -0.05) is 36.4 Å². The van der Waals surface area contributed by atoms with Crippen molar-refractivity contribution < 1.29 is 0 Å². The second-order valence-corrected chi connectivity index (χ2v) is 8.10. The number of benzene rings is 2. The number of thioether (sulfide) groups is 1. The summed E-state index contributed by atoms with van der Waals surface area (Å²) in [5.74, 6) is 2.55. The normalized spacial score (nSPS) is 17.0. The summed E-state index contributed by atoms with van der Waals surface area (Å²) in [6.45, 7) is 4.44. The van der Waals surface area contributed by atoms with Crippen LogP contribution >= 0.6 is 11.8 Å². The first kappa shape index (κ1) is 16.7. The molecule has 0 saturated carbocycles. The first-order chi connectivity index (χ1) is 12.2. The third-order valence-corrected chi connectivity index (χ3v) is 6.26. The average molecular weight is 352 g/mol. The molecule has 25 heavy (non-hydrogen) atoms. The predicted octanol–water partition coefficient (Wildman–Crippen LogP) is 4.88. The van der Waals surface area contributed by atoms with Crippen molar-refractivity contribution in [1.82, 2.24) is 15.1 Å². The van der Waals surface area contributed by atoms with E-state index in [1.165, 1.54) is 46.4 Å². The molecule has 1 aliphatic heterocycles. The van der Waals surface area contributed by atoms with Gasteiger partial charge < -0.3 is 5.32 Å². The van der Waals surface area contributed by atoms with Crippen molar-refractivity contribution in [3.05, 3.63) is 59.9 Å². The number of nitrogens with one attached hydrogen (secondary N) is 1. The van der Waals surface area contributed by atoms with Crippen LogP contribution in [0, 0.1) is 6.92 Å². The summed E-state index contributed by atoms with van der Waals surface area (Å²) in [6, 6.07) is 15.9. The molecule has 0 radical (unpaired) electrons. The van der Waals surface area contributed by atoms with Gasteiger partial charge in [-0.05, 0) is 49.6 Å². The molecule has 0 bridgehead atoms. The van der Waals surface area contributed by atoms with E-state index in [1.807, 2.05) is 6.20 Å². The minimum Gasteiger partial charge on any atom is -0.307 e. The van der Waals surface area contributed by atoms with Crippen molar-refractivity contribution in [2.75, 3.05) is 11.5 Å². The number of rotatable bonds is 4. The van der Waals surface area contributed by atoms with E-state index in [9.17, 15) is 0 Å². The molecule has 4 heteroatoms. The molecule has 1 saturated heterocycles. The minimum absolute atomic E-state index is 0.330. The second-order valence-electron chi connectivity index (χ2n) is 6.87. The number of fused-ring (bicyclic) bond motifs is 1. The van der Waals surface area contributed by atoms with Gasteiger partial charge in [0.25, 0.3) is 0 Å². The summed E-state index contributed by atoms with van der Waals surface area (Å²) >= 11 is 2.07. The SMILES string of the molecule is Cc1c([C@@H](C)NC2CCSCC2)cnn1-c1cccc2ccccc12. The third kappa shape index (κ3) is 3.33. The summed E-state index contributed by atoms with van der Waals surface area (Å²) < 4.78 is 2.09. The van der Waals surface area contributed by atoms with Gasteiger partial charge in [0.2, 0.25) is 0 Å².